The van der Waals surface area contributed by atoms with Gasteiger partial charge in [-0.1, -0.05) is 32.0 Å². The van der Waals surface area contributed by atoms with Crippen molar-refractivity contribution in [3.63, 3.8) is 0 Å². The van der Waals surface area contributed by atoms with Gasteiger partial charge in [0.05, 0.1) is 7.11 Å². The van der Waals surface area contributed by atoms with Gasteiger partial charge in [0.2, 0.25) is 0 Å². The Morgan fingerprint density at radius 1 is 1.29 bits per heavy atom. The van der Waals surface area contributed by atoms with Crippen LogP contribution >= 0.6 is 0 Å². The summed E-state index contributed by atoms with van der Waals surface area (Å²) in [6.07, 6.45) is 2.27. The first-order valence-electron chi connectivity index (χ1n) is 10.1. The molecule has 1 saturated heterocycles. The van der Waals surface area contributed by atoms with E-state index in [0.29, 0.717) is 17.8 Å². The van der Waals surface area contributed by atoms with Crippen molar-refractivity contribution >= 4 is 17.3 Å². The summed E-state index contributed by atoms with van der Waals surface area (Å²) in [5.74, 6) is 2.47. The lowest BCUT2D eigenvalue weighted by atomic mass is 9.99. The average Bonchev–Trinajstić information content (AvgIpc) is 3.21. The molecule has 2 atom stereocenters. The van der Waals surface area contributed by atoms with Gasteiger partial charge in [0.15, 0.2) is 5.96 Å². The van der Waals surface area contributed by atoms with E-state index in [9.17, 15) is 0 Å². The number of guanidine groups is 1. The van der Waals surface area contributed by atoms with Crippen LogP contribution in [0.4, 0.5) is 11.4 Å². The molecule has 0 aliphatic carbocycles. The molecule has 0 aromatic heterocycles. The molecule has 2 unspecified atom stereocenters. The van der Waals surface area contributed by atoms with Crippen LogP contribution in [0.25, 0.3) is 0 Å². The molecule has 1 aliphatic heterocycles. The van der Waals surface area contributed by atoms with Gasteiger partial charge >= 0.3 is 0 Å². The number of hydrogen-bond donors (Lipinski definition) is 2. The minimum absolute atomic E-state index is 0.483. The molecule has 0 bridgehead atoms. The zero-order chi connectivity index (χ0) is 19.9. The van der Waals surface area contributed by atoms with Crippen LogP contribution in [0.15, 0.2) is 53.5 Å². The SMILES string of the molecule is CCC(C)c1ccc(NC(N)=NCC2CCN(c3cccc(OC)c3)C2)cc1. The quantitative estimate of drug-likeness (QED) is 0.550. The van der Waals surface area contributed by atoms with Crippen LogP contribution in [-0.4, -0.2) is 32.7 Å². The van der Waals surface area contributed by atoms with Crippen LogP contribution < -0.4 is 20.7 Å². The van der Waals surface area contributed by atoms with E-state index in [0.717, 1.165) is 43.9 Å². The lowest BCUT2D eigenvalue weighted by Gasteiger charge is -2.19. The second-order valence-corrected chi connectivity index (χ2v) is 7.58. The van der Waals surface area contributed by atoms with Crippen molar-refractivity contribution in [2.45, 2.75) is 32.6 Å². The number of methoxy groups -OCH3 is 1. The number of nitrogens with one attached hydrogen (secondary N) is 1. The van der Waals surface area contributed by atoms with E-state index in [1.54, 1.807) is 7.11 Å². The normalized spacial score (nSPS) is 18.2. The highest BCUT2D eigenvalue weighted by atomic mass is 16.5. The smallest absolute Gasteiger partial charge is 0.193 e. The highest BCUT2D eigenvalue weighted by Gasteiger charge is 2.22. The summed E-state index contributed by atoms with van der Waals surface area (Å²) in [7, 11) is 1.70. The van der Waals surface area contributed by atoms with E-state index in [1.165, 1.54) is 11.3 Å². The molecule has 5 heteroatoms. The van der Waals surface area contributed by atoms with Gasteiger partial charge in [-0.15, -0.1) is 0 Å². The standard InChI is InChI=1S/C23H32N4O/c1-4-17(2)19-8-10-20(11-9-19)26-23(24)25-15-18-12-13-27(16-18)21-6-5-7-22(14-21)28-3/h5-11,14,17-18H,4,12-13,15-16H2,1-3H3,(H3,24,25,26). The molecule has 0 amide bonds. The maximum Gasteiger partial charge on any atom is 0.193 e. The molecule has 2 aromatic rings. The molecule has 0 radical (unpaired) electrons. The first-order chi connectivity index (χ1) is 13.6. The van der Waals surface area contributed by atoms with Gasteiger partial charge in [-0.05, 0) is 54.5 Å². The number of rotatable bonds is 7. The van der Waals surface area contributed by atoms with E-state index in [2.05, 4.69) is 65.5 Å². The fourth-order valence-corrected chi connectivity index (χ4v) is 3.57. The van der Waals surface area contributed by atoms with Gasteiger partial charge in [-0.3, -0.25) is 4.99 Å². The molecule has 3 rings (SSSR count). The molecule has 1 fully saturated rings. The lowest BCUT2D eigenvalue weighted by Crippen LogP contribution is -2.25. The first-order valence-corrected chi connectivity index (χ1v) is 10.1. The molecular weight excluding hydrogens is 348 g/mol. The predicted molar refractivity (Wildman–Crippen MR) is 119 cm³/mol. The fraction of sp³-hybridized carbons (Fsp3) is 0.435. The van der Waals surface area contributed by atoms with E-state index in [1.807, 2.05) is 12.1 Å². The van der Waals surface area contributed by atoms with E-state index < -0.39 is 0 Å². The molecular formula is C23H32N4O. The van der Waals surface area contributed by atoms with Crippen molar-refractivity contribution < 1.29 is 4.74 Å². The Bertz CT molecular complexity index is 787. The highest BCUT2D eigenvalue weighted by molar-refractivity contribution is 5.92. The van der Waals surface area contributed by atoms with Crippen molar-refractivity contribution in [1.82, 2.24) is 0 Å². The summed E-state index contributed by atoms with van der Waals surface area (Å²) in [6, 6.07) is 16.7. The molecule has 150 valence electrons. The van der Waals surface area contributed by atoms with Crippen LogP contribution in [-0.2, 0) is 0 Å². The number of ether oxygens (including phenoxy) is 1. The Morgan fingerprint density at radius 3 is 2.79 bits per heavy atom. The summed E-state index contributed by atoms with van der Waals surface area (Å²) in [6.45, 7) is 7.23. The van der Waals surface area contributed by atoms with Crippen LogP contribution in [0, 0.1) is 5.92 Å². The monoisotopic (exact) mass is 380 g/mol. The Morgan fingerprint density at radius 2 is 2.07 bits per heavy atom. The third-order valence-electron chi connectivity index (χ3n) is 5.59. The van der Waals surface area contributed by atoms with Crippen molar-refractivity contribution in [1.29, 1.82) is 0 Å². The Hall–Kier alpha value is -2.69. The summed E-state index contributed by atoms with van der Waals surface area (Å²) in [5, 5.41) is 3.21. The van der Waals surface area contributed by atoms with Gasteiger partial charge in [-0.2, -0.15) is 0 Å². The van der Waals surface area contributed by atoms with Crippen molar-refractivity contribution in [2.24, 2.45) is 16.6 Å². The predicted octanol–water partition coefficient (Wildman–Crippen LogP) is 4.46. The second kappa shape index (κ2) is 9.49. The first kappa shape index (κ1) is 20.1. The van der Waals surface area contributed by atoms with Crippen LogP contribution in [0.3, 0.4) is 0 Å². The Labute approximate surface area is 168 Å². The summed E-state index contributed by atoms with van der Waals surface area (Å²) in [5.41, 5.74) is 9.64. The Balaban J connectivity index is 1.51. The summed E-state index contributed by atoms with van der Waals surface area (Å²) in [4.78, 5) is 6.96. The number of anilines is 2. The third-order valence-corrected chi connectivity index (χ3v) is 5.59. The van der Waals surface area contributed by atoms with Gasteiger partial charge in [-0.25, -0.2) is 0 Å². The minimum Gasteiger partial charge on any atom is -0.497 e. The molecule has 5 nitrogen and oxygen atoms in total. The molecule has 0 spiro atoms. The minimum atomic E-state index is 0.483. The van der Waals surface area contributed by atoms with Gasteiger partial charge in [0.1, 0.15) is 5.75 Å². The zero-order valence-corrected chi connectivity index (χ0v) is 17.2. The van der Waals surface area contributed by atoms with Crippen molar-refractivity contribution in [3.8, 4) is 5.75 Å². The average molecular weight is 381 g/mol. The van der Waals surface area contributed by atoms with Crippen molar-refractivity contribution in [2.75, 3.05) is 37.0 Å². The molecule has 3 N–H and O–H groups in total. The lowest BCUT2D eigenvalue weighted by molar-refractivity contribution is 0.415. The number of nitrogens with zero attached hydrogens (tertiary/aromatic N) is 2. The number of hydrogen-bond acceptors (Lipinski definition) is 3. The molecule has 1 heterocycles. The fourth-order valence-electron chi connectivity index (χ4n) is 3.57. The van der Waals surface area contributed by atoms with Gasteiger partial charge in [0, 0.05) is 37.1 Å². The maximum absolute atomic E-state index is 6.10. The van der Waals surface area contributed by atoms with Crippen LogP contribution in [0.2, 0.25) is 0 Å². The molecule has 1 aliphatic rings. The summed E-state index contributed by atoms with van der Waals surface area (Å²) >= 11 is 0. The Kier molecular flexibility index (Phi) is 6.80. The number of aliphatic imine (C=N–C) groups is 1. The van der Waals surface area contributed by atoms with Crippen LogP contribution in [0.5, 0.6) is 5.75 Å². The van der Waals surface area contributed by atoms with Crippen molar-refractivity contribution in [3.05, 3.63) is 54.1 Å². The van der Waals surface area contributed by atoms with Gasteiger partial charge < -0.3 is 20.7 Å². The third kappa shape index (κ3) is 5.18. The van der Waals surface area contributed by atoms with E-state index in [4.69, 9.17) is 10.5 Å². The largest absolute Gasteiger partial charge is 0.497 e. The van der Waals surface area contributed by atoms with E-state index in [-0.39, 0.29) is 0 Å². The molecule has 0 saturated carbocycles. The number of benzene rings is 2. The molecule has 2 aromatic carbocycles. The van der Waals surface area contributed by atoms with Crippen LogP contribution in [0.1, 0.15) is 38.2 Å². The highest BCUT2D eigenvalue weighted by Crippen LogP contribution is 2.27. The zero-order valence-electron chi connectivity index (χ0n) is 17.2. The molecule has 28 heavy (non-hydrogen) atoms. The van der Waals surface area contributed by atoms with E-state index >= 15 is 0 Å². The maximum atomic E-state index is 6.10. The summed E-state index contributed by atoms with van der Waals surface area (Å²) < 4.78 is 5.33. The van der Waals surface area contributed by atoms with Gasteiger partial charge in [0.25, 0.3) is 0 Å². The number of nitrogens with two attached hydrogens (primary N) is 1. The second-order valence-electron chi connectivity index (χ2n) is 7.58. The topological polar surface area (TPSA) is 62.9 Å².